The Morgan fingerprint density at radius 2 is 2.05 bits per heavy atom. The van der Waals surface area contributed by atoms with Gasteiger partial charge in [-0.25, -0.2) is 4.79 Å². The molecule has 19 heavy (non-hydrogen) atoms. The lowest BCUT2D eigenvalue weighted by Gasteiger charge is -2.39. The molecule has 0 aromatic carbocycles. The topological polar surface area (TPSA) is 81.1 Å². The van der Waals surface area contributed by atoms with Crippen molar-refractivity contribution in [2.24, 2.45) is 0 Å². The Morgan fingerprint density at radius 1 is 1.37 bits per heavy atom. The molecule has 1 fully saturated rings. The van der Waals surface area contributed by atoms with Crippen LogP contribution in [0.25, 0.3) is 0 Å². The Hall–Kier alpha value is -1.30. The molecule has 0 aromatic heterocycles. The monoisotopic (exact) mass is 272 g/mol. The van der Waals surface area contributed by atoms with Gasteiger partial charge in [-0.05, 0) is 39.5 Å². The van der Waals surface area contributed by atoms with Crippen LogP contribution in [-0.4, -0.2) is 63.8 Å². The number of carbonyl (C=O) groups is 2. The number of rotatable bonds is 5. The van der Waals surface area contributed by atoms with Crippen LogP contribution in [0.1, 0.15) is 39.5 Å². The number of carboxylic acids is 1. The van der Waals surface area contributed by atoms with Crippen molar-refractivity contribution >= 4 is 12.0 Å². The molecule has 1 aliphatic heterocycles. The van der Waals surface area contributed by atoms with E-state index in [1.54, 1.807) is 4.90 Å². The highest BCUT2D eigenvalue weighted by Gasteiger charge is 2.31. The Kier molecular flexibility index (Phi) is 6.08. The van der Waals surface area contributed by atoms with Crippen LogP contribution in [0.2, 0.25) is 0 Å². The Labute approximate surface area is 114 Å². The van der Waals surface area contributed by atoms with E-state index in [1.165, 1.54) is 4.90 Å². The van der Waals surface area contributed by atoms with E-state index in [9.17, 15) is 9.59 Å². The van der Waals surface area contributed by atoms with Crippen LogP contribution in [0.4, 0.5) is 4.79 Å². The first-order valence-electron chi connectivity index (χ1n) is 6.87. The molecular weight excluding hydrogens is 248 g/mol. The highest BCUT2D eigenvalue weighted by atomic mass is 16.4. The number of aliphatic carboxylic acids is 1. The van der Waals surface area contributed by atoms with Crippen molar-refractivity contribution in [3.8, 4) is 0 Å². The minimum absolute atomic E-state index is 0.0290. The maximum Gasteiger partial charge on any atom is 0.323 e. The van der Waals surface area contributed by atoms with Gasteiger partial charge in [-0.15, -0.1) is 0 Å². The summed E-state index contributed by atoms with van der Waals surface area (Å²) >= 11 is 0. The average Bonchev–Trinajstić information content (AvgIpc) is 2.36. The van der Waals surface area contributed by atoms with Crippen molar-refractivity contribution in [3.63, 3.8) is 0 Å². The van der Waals surface area contributed by atoms with E-state index < -0.39 is 5.97 Å². The Balaban J connectivity index is 2.77. The van der Waals surface area contributed by atoms with E-state index in [0.29, 0.717) is 13.0 Å². The summed E-state index contributed by atoms with van der Waals surface area (Å²) in [6.07, 6.45) is 3.43. The SMILES string of the molecule is CC(C)N(CC(=O)O)C(=O)N1CCCCC1CCO. The zero-order valence-corrected chi connectivity index (χ0v) is 11.7. The molecule has 0 bridgehead atoms. The van der Waals surface area contributed by atoms with Gasteiger partial charge in [-0.1, -0.05) is 0 Å². The highest BCUT2D eigenvalue weighted by Crippen LogP contribution is 2.21. The third-order valence-corrected chi connectivity index (χ3v) is 3.51. The number of amides is 2. The van der Waals surface area contributed by atoms with Crippen molar-refractivity contribution in [2.45, 2.75) is 51.6 Å². The van der Waals surface area contributed by atoms with Crippen LogP contribution in [0.15, 0.2) is 0 Å². The molecule has 1 unspecified atom stereocenters. The summed E-state index contributed by atoms with van der Waals surface area (Å²) in [6, 6.07) is -0.350. The molecule has 0 aliphatic carbocycles. The molecule has 0 saturated carbocycles. The molecule has 1 saturated heterocycles. The second-order valence-corrected chi connectivity index (χ2v) is 5.25. The van der Waals surface area contributed by atoms with Crippen LogP contribution >= 0.6 is 0 Å². The second-order valence-electron chi connectivity index (χ2n) is 5.25. The first-order valence-corrected chi connectivity index (χ1v) is 6.87. The zero-order chi connectivity index (χ0) is 14.4. The van der Waals surface area contributed by atoms with Crippen molar-refractivity contribution in [1.82, 2.24) is 9.80 Å². The first kappa shape index (κ1) is 15.8. The maximum atomic E-state index is 12.5. The standard InChI is InChI=1S/C13H24N2O4/c1-10(2)15(9-12(17)18)13(19)14-7-4-3-5-11(14)6-8-16/h10-11,16H,3-9H2,1-2H3,(H,17,18). The molecule has 2 N–H and O–H groups in total. The van der Waals surface area contributed by atoms with Crippen LogP contribution < -0.4 is 0 Å². The molecule has 0 radical (unpaired) electrons. The number of piperidine rings is 1. The smallest absolute Gasteiger partial charge is 0.323 e. The van der Waals surface area contributed by atoms with Gasteiger partial charge < -0.3 is 20.0 Å². The van der Waals surface area contributed by atoms with E-state index in [4.69, 9.17) is 10.2 Å². The number of carbonyl (C=O) groups excluding carboxylic acids is 1. The third-order valence-electron chi connectivity index (χ3n) is 3.51. The van der Waals surface area contributed by atoms with Crippen molar-refractivity contribution < 1.29 is 19.8 Å². The summed E-state index contributed by atoms with van der Waals surface area (Å²) in [5.41, 5.74) is 0. The largest absolute Gasteiger partial charge is 0.480 e. The van der Waals surface area contributed by atoms with E-state index in [-0.39, 0.29) is 31.3 Å². The molecular formula is C13H24N2O4. The molecule has 110 valence electrons. The van der Waals surface area contributed by atoms with Crippen LogP contribution in [0.5, 0.6) is 0 Å². The van der Waals surface area contributed by atoms with Gasteiger partial charge in [0.15, 0.2) is 0 Å². The number of hydrogen-bond acceptors (Lipinski definition) is 3. The average molecular weight is 272 g/mol. The summed E-state index contributed by atoms with van der Waals surface area (Å²) in [5, 5.41) is 18.0. The lowest BCUT2D eigenvalue weighted by molar-refractivity contribution is -0.138. The lowest BCUT2D eigenvalue weighted by Crippen LogP contribution is -2.53. The van der Waals surface area contributed by atoms with Gasteiger partial charge in [0.05, 0.1) is 0 Å². The fraction of sp³-hybridized carbons (Fsp3) is 0.846. The molecule has 0 aromatic rings. The summed E-state index contributed by atoms with van der Waals surface area (Å²) in [5.74, 6) is -1.00. The van der Waals surface area contributed by atoms with Crippen LogP contribution in [-0.2, 0) is 4.79 Å². The van der Waals surface area contributed by atoms with Crippen LogP contribution in [0.3, 0.4) is 0 Å². The molecule has 1 atom stereocenters. The van der Waals surface area contributed by atoms with Crippen molar-refractivity contribution in [3.05, 3.63) is 0 Å². The minimum Gasteiger partial charge on any atom is -0.480 e. The maximum absolute atomic E-state index is 12.5. The summed E-state index contributed by atoms with van der Waals surface area (Å²) in [7, 11) is 0. The molecule has 1 rings (SSSR count). The predicted octanol–water partition coefficient (Wildman–Crippen LogP) is 1.14. The van der Waals surface area contributed by atoms with Gasteiger partial charge in [0.25, 0.3) is 0 Å². The van der Waals surface area contributed by atoms with Gasteiger partial charge in [-0.2, -0.15) is 0 Å². The van der Waals surface area contributed by atoms with E-state index >= 15 is 0 Å². The van der Waals surface area contributed by atoms with Crippen LogP contribution in [0, 0.1) is 0 Å². The normalized spacial score (nSPS) is 19.6. The quantitative estimate of drug-likeness (QED) is 0.786. The number of aliphatic hydroxyl groups excluding tert-OH is 1. The summed E-state index contributed by atoms with van der Waals surface area (Å²) < 4.78 is 0. The molecule has 2 amide bonds. The van der Waals surface area contributed by atoms with Gasteiger partial charge in [-0.3, -0.25) is 4.79 Å². The van der Waals surface area contributed by atoms with Crippen molar-refractivity contribution in [1.29, 1.82) is 0 Å². The number of urea groups is 1. The number of nitrogens with zero attached hydrogens (tertiary/aromatic N) is 2. The summed E-state index contributed by atoms with van der Waals surface area (Å²) in [4.78, 5) is 26.4. The van der Waals surface area contributed by atoms with Gasteiger partial charge in [0, 0.05) is 25.2 Å². The molecule has 6 nitrogen and oxygen atoms in total. The highest BCUT2D eigenvalue weighted by molar-refractivity contribution is 5.80. The van der Waals surface area contributed by atoms with E-state index in [0.717, 1.165) is 19.3 Å². The zero-order valence-electron chi connectivity index (χ0n) is 11.7. The minimum atomic E-state index is -1.00. The van der Waals surface area contributed by atoms with Gasteiger partial charge in [0.2, 0.25) is 0 Å². The molecule has 6 heteroatoms. The number of carboxylic acid groups (broad SMARTS) is 1. The number of hydrogen-bond donors (Lipinski definition) is 2. The van der Waals surface area contributed by atoms with E-state index in [2.05, 4.69) is 0 Å². The van der Waals surface area contributed by atoms with Crippen molar-refractivity contribution in [2.75, 3.05) is 19.7 Å². The van der Waals surface area contributed by atoms with Gasteiger partial charge in [0.1, 0.15) is 6.54 Å². The first-order chi connectivity index (χ1) is 8.97. The molecule has 1 aliphatic rings. The lowest BCUT2D eigenvalue weighted by atomic mass is 10.00. The van der Waals surface area contributed by atoms with Gasteiger partial charge >= 0.3 is 12.0 Å². The summed E-state index contributed by atoms with van der Waals surface area (Å²) in [6.45, 7) is 4.04. The third kappa shape index (κ3) is 4.38. The fourth-order valence-electron chi connectivity index (χ4n) is 2.48. The molecule has 1 heterocycles. The number of aliphatic hydroxyl groups is 1. The molecule has 0 spiro atoms. The predicted molar refractivity (Wildman–Crippen MR) is 70.9 cm³/mol. The number of likely N-dealkylation sites (tertiary alicyclic amines) is 1. The second kappa shape index (κ2) is 7.33. The van der Waals surface area contributed by atoms with E-state index in [1.807, 2.05) is 13.8 Å². The fourth-order valence-corrected chi connectivity index (χ4v) is 2.48. The Morgan fingerprint density at radius 3 is 2.58 bits per heavy atom. The Bertz CT molecular complexity index is 318.